The zero-order valence-electron chi connectivity index (χ0n) is 12.9. The van der Waals surface area contributed by atoms with Gasteiger partial charge in [-0.15, -0.1) is 11.3 Å². The first-order chi connectivity index (χ1) is 11.6. The topological polar surface area (TPSA) is 89.6 Å². The molecule has 128 valence electrons. The summed E-state index contributed by atoms with van der Waals surface area (Å²) in [5, 5.41) is 5.22. The molecule has 2 aromatic heterocycles. The summed E-state index contributed by atoms with van der Waals surface area (Å²) in [7, 11) is 1.57. The highest BCUT2D eigenvalue weighted by Crippen LogP contribution is 2.22. The van der Waals surface area contributed by atoms with Crippen molar-refractivity contribution in [1.82, 2.24) is 10.3 Å². The molecule has 0 unspecified atom stereocenters. The molecule has 2 aromatic rings. The molecule has 2 N–H and O–H groups in total. The van der Waals surface area contributed by atoms with Crippen molar-refractivity contribution >= 4 is 44.8 Å². The molecule has 0 fully saturated rings. The Labute approximate surface area is 151 Å². The average molecular weight is 414 g/mol. The van der Waals surface area contributed by atoms with Crippen LogP contribution in [0.2, 0.25) is 0 Å². The van der Waals surface area contributed by atoms with Gasteiger partial charge in [0.15, 0.2) is 0 Å². The number of nitrogens with one attached hydrogen (secondary N) is 2. The number of ether oxygens (including phenoxy) is 2. The van der Waals surface area contributed by atoms with Gasteiger partial charge in [0.2, 0.25) is 11.8 Å². The Morgan fingerprint density at radius 2 is 2.12 bits per heavy atom. The van der Waals surface area contributed by atoms with E-state index in [9.17, 15) is 9.59 Å². The molecular formula is C15H16BrN3O4S. The summed E-state index contributed by atoms with van der Waals surface area (Å²) in [5.74, 6) is -0.372. The highest BCUT2D eigenvalue weighted by Gasteiger charge is 2.12. The molecule has 7 nitrogen and oxygen atoms in total. The standard InChI is InChI=1S/C15H16BrN3O4S/c1-22-7-8-23-15-10(3-2-6-17-15)19-13(20)9-18-14(21)11-4-5-12(16)24-11/h2-6H,7-9H2,1H3,(H,18,21)(H,19,20). The SMILES string of the molecule is COCCOc1ncccc1NC(=O)CNC(=O)c1ccc(Br)s1. The number of carbonyl (C=O) groups excluding carboxylic acids is 2. The van der Waals surface area contributed by atoms with Crippen LogP contribution in [0.5, 0.6) is 5.88 Å². The quantitative estimate of drug-likeness (QED) is 0.648. The summed E-state index contributed by atoms with van der Waals surface area (Å²) in [6.45, 7) is 0.581. The van der Waals surface area contributed by atoms with Gasteiger partial charge in [-0.05, 0) is 40.2 Å². The lowest BCUT2D eigenvalue weighted by molar-refractivity contribution is -0.115. The molecule has 0 bridgehead atoms. The summed E-state index contributed by atoms with van der Waals surface area (Å²) in [4.78, 5) is 28.5. The fraction of sp³-hybridized carbons (Fsp3) is 0.267. The van der Waals surface area contributed by atoms with E-state index in [2.05, 4.69) is 31.5 Å². The highest BCUT2D eigenvalue weighted by atomic mass is 79.9. The number of hydrogen-bond donors (Lipinski definition) is 2. The lowest BCUT2D eigenvalue weighted by Gasteiger charge is -2.11. The highest BCUT2D eigenvalue weighted by molar-refractivity contribution is 9.11. The predicted octanol–water partition coefficient (Wildman–Crippen LogP) is 2.30. The van der Waals surface area contributed by atoms with Gasteiger partial charge in [0.05, 0.1) is 21.8 Å². The number of methoxy groups -OCH3 is 1. The van der Waals surface area contributed by atoms with E-state index in [1.54, 1.807) is 37.6 Å². The number of anilines is 1. The first-order valence-electron chi connectivity index (χ1n) is 7.00. The molecule has 0 spiro atoms. The summed E-state index contributed by atoms with van der Waals surface area (Å²) in [5.41, 5.74) is 0.437. The number of thiophene rings is 1. The summed E-state index contributed by atoms with van der Waals surface area (Å²) in [6.07, 6.45) is 1.56. The summed E-state index contributed by atoms with van der Waals surface area (Å²) in [6, 6.07) is 6.82. The molecule has 0 aliphatic heterocycles. The first kappa shape index (κ1) is 18.4. The fourth-order valence-corrected chi connectivity index (χ4v) is 3.00. The predicted molar refractivity (Wildman–Crippen MR) is 94.6 cm³/mol. The molecule has 2 amide bonds. The Hall–Kier alpha value is -1.97. The Morgan fingerprint density at radius 1 is 1.29 bits per heavy atom. The van der Waals surface area contributed by atoms with E-state index in [-0.39, 0.29) is 18.4 Å². The van der Waals surface area contributed by atoms with Gasteiger partial charge in [-0.1, -0.05) is 0 Å². The Balaban J connectivity index is 1.87. The molecular weight excluding hydrogens is 398 g/mol. The van der Waals surface area contributed by atoms with E-state index in [1.807, 2.05) is 0 Å². The van der Waals surface area contributed by atoms with Crippen molar-refractivity contribution in [3.05, 3.63) is 39.1 Å². The van der Waals surface area contributed by atoms with Crippen LogP contribution in [0.25, 0.3) is 0 Å². The van der Waals surface area contributed by atoms with Crippen molar-refractivity contribution in [2.45, 2.75) is 0 Å². The Morgan fingerprint density at radius 3 is 2.83 bits per heavy atom. The smallest absolute Gasteiger partial charge is 0.261 e. The second-order valence-electron chi connectivity index (χ2n) is 4.53. The van der Waals surface area contributed by atoms with Gasteiger partial charge in [-0.25, -0.2) is 4.98 Å². The molecule has 0 saturated carbocycles. The maximum Gasteiger partial charge on any atom is 0.261 e. The van der Waals surface area contributed by atoms with Crippen molar-refractivity contribution in [1.29, 1.82) is 0 Å². The van der Waals surface area contributed by atoms with E-state index in [0.29, 0.717) is 29.7 Å². The van der Waals surface area contributed by atoms with Crippen molar-refractivity contribution in [2.24, 2.45) is 0 Å². The van der Waals surface area contributed by atoms with Crippen LogP contribution >= 0.6 is 27.3 Å². The zero-order valence-corrected chi connectivity index (χ0v) is 15.3. The second kappa shape index (κ2) is 9.36. The molecule has 0 aromatic carbocycles. The molecule has 9 heteroatoms. The number of aromatic nitrogens is 1. The van der Waals surface area contributed by atoms with Crippen molar-refractivity contribution < 1.29 is 19.1 Å². The van der Waals surface area contributed by atoms with Gasteiger partial charge in [-0.3, -0.25) is 9.59 Å². The summed E-state index contributed by atoms with van der Waals surface area (Å²) >= 11 is 4.58. The molecule has 0 radical (unpaired) electrons. The van der Waals surface area contributed by atoms with Crippen LogP contribution in [0, 0.1) is 0 Å². The maximum absolute atomic E-state index is 12.0. The van der Waals surface area contributed by atoms with Crippen LogP contribution in [0.4, 0.5) is 5.69 Å². The number of rotatable bonds is 8. The monoisotopic (exact) mass is 413 g/mol. The van der Waals surface area contributed by atoms with Crippen LogP contribution in [0.15, 0.2) is 34.2 Å². The lowest BCUT2D eigenvalue weighted by Crippen LogP contribution is -2.32. The molecule has 2 rings (SSSR count). The minimum absolute atomic E-state index is 0.152. The molecule has 0 atom stereocenters. The van der Waals surface area contributed by atoms with E-state index in [4.69, 9.17) is 9.47 Å². The lowest BCUT2D eigenvalue weighted by atomic mass is 10.4. The normalized spacial score (nSPS) is 10.2. The van der Waals surface area contributed by atoms with E-state index in [1.165, 1.54) is 11.3 Å². The van der Waals surface area contributed by atoms with Crippen molar-refractivity contribution in [3.8, 4) is 5.88 Å². The van der Waals surface area contributed by atoms with E-state index < -0.39 is 0 Å². The van der Waals surface area contributed by atoms with Crippen LogP contribution in [0.1, 0.15) is 9.67 Å². The molecule has 0 saturated heterocycles. The number of carbonyl (C=O) groups is 2. The van der Waals surface area contributed by atoms with Crippen LogP contribution in [-0.4, -0.2) is 43.7 Å². The van der Waals surface area contributed by atoms with Gasteiger partial charge in [0.25, 0.3) is 5.91 Å². The fourth-order valence-electron chi connectivity index (χ4n) is 1.70. The third-order valence-corrected chi connectivity index (χ3v) is 4.40. The van der Waals surface area contributed by atoms with Crippen molar-refractivity contribution in [2.75, 3.05) is 32.2 Å². The zero-order chi connectivity index (χ0) is 17.4. The van der Waals surface area contributed by atoms with Gasteiger partial charge in [-0.2, -0.15) is 0 Å². The van der Waals surface area contributed by atoms with Gasteiger partial charge in [0, 0.05) is 13.3 Å². The van der Waals surface area contributed by atoms with Gasteiger partial charge < -0.3 is 20.1 Å². The van der Waals surface area contributed by atoms with Gasteiger partial charge >= 0.3 is 0 Å². The Kier molecular flexibility index (Phi) is 7.16. The Bertz CT molecular complexity index is 708. The maximum atomic E-state index is 12.0. The number of amides is 2. The average Bonchev–Trinajstić information content (AvgIpc) is 3.01. The molecule has 2 heterocycles. The second-order valence-corrected chi connectivity index (χ2v) is 7.00. The van der Waals surface area contributed by atoms with E-state index >= 15 is 0 Å². The minimum Gasteiger partial charge on any atom is -0.474 e. The first-order valence-corrected chi connectivity index (χ1v) is 8.61. The van der Waals surface area contributed by atoms with Gasteiger partial charge in [0.1, 0.15) is 12.3 Å². The van der Waals surface area contributed by atoms with E-state index in [0.717, 1.165) is 3.79 Å². The molecule has 0 aliphatic carbocycles. The van der Waals surface area contributed by atoms with Crippen LogP contribution in [-0.2, 0) is 9.53 Å². The number of pyridine rings is 1. The van der Waals surface area contributed by atoms with Crippen LogP contribution in [0.3, 0.4) is 0 Å². The third kappa shape index (κ3) is 5.59. The number of nitrogens with zero attached hydrogens (tertiary/aromatic N) is 1. The minimum atomic E-state index is -0.372. The number of halogens is 1. The summed E-state index contributed by atoms with van der Waals surface area (Å²) < 4.78 is 11.2. The largest absolute Gasteiger partial charge is 0.474 e. The van der Waals surface area contributed by atoms with Crippen molar-refractivity contribution in [3.63, 3.8) is 0 Å². The number of hydrogen-bond acceptors (Lipinski definition) is 6. The van der Waals surface area contributed by atoms with Crippen LogP contribution < -0.4 is 15.4 Å². The third-order valence-electron chi connectivity index (χ3n) is 2.78. The molecule has 0 aliphatic rings. The molecule has 24 heavy (non-hydrogen) atoms.